The van der Waals surface area contributed by atoms with Gasteiger partial charge in [0.2, 0.25) is 0 Å². The molecule has 1 rings (SSSR count). The number of nitrogens with zero attached hydrogens (tertiary/aromatic N) is 1. The van der Waals surface area contributed by atoms with Crippen LogP contribution < -0.4 is 0 Å². The predicted molar refractivity (Wildman–Crippen MR) is 37.6 cm³/mol. The predicted octanol–water partition coefficient (Wildman–Crippen LogP) is 1.34. The molecule has 2 nitrogen and oxygen atoms in total. The molecular weight excluding hydrogens is 114 g/mol. The summed E-state index contributed by atoms with van der Waals surface area (Å²) in [6.07, 6.45) is 6.09. The largest absolute Gasteiger partial charge is 0.375 e. The lowest BCUT2D eigenvalue weighted by Gasteiger charge is -2.10. The topological polar surface area (TPSA) is 32.6 Å². The SMILES string of the molecule is OCN=C1CCCCC1. The molecule has 1 aliphatic rings. The van der Waals surface area contributed by atoms with Crippen LogP contribution in [0.1, 0.15) is 32.1 Å². The number of hydrogen-bond donors (Lipinski definition) is 1. The summed E-state index contributed by atoms with van der Waals surface area (Å²) in [5, 5.41) is 8.43. The first kappa shape index (κ1) is 6.75. The Bertz CT molecular complexity index is 101. The summed E-state index contributed by atoms with van der Waals surface area (Å²) in [6, 6.07) is 0. The third kappa shape index (κ3) is 2.14. The van der Waals surface area contributed by atoms with E-state index in [1.165, 1.54) is 25.0 Å². The van der Waals surface area contributed by atoms with E-state index in [-0.39, 0.29) is 6.73 Å². The highest BCUT2D eigenvalue weighted by Crippen LogP contribution is 2.14. The minimum atomic E-state index is -0.0185. The van der Waals surface area contributed by atoms with E-state index in [9.17, 15) is 0 Å². The molecule has 0 atom stereocenters. The summed E-state index contributed by atoms with van der Waals surface area (Å²) in [7, 11) is 0. The summed E-state index contributed by atoms with van der Waals surface area (Å²) < 4.78 is 0. The van der Waals surface area contributed by atoms with E-state index in [0.29, 0.717) is 0 Å². The van der Waals surface area contributed by atoms with Gasteiger partial charge in [0.25, 0.3) is 0 Å². The lowest BCUT2D eigenvalue weighted by atomic mass is 9.99. The second kappa shape index (κ2) is 3.62. The minimum Gasteiger partial charge on any atom is -0.375 e. The molecule has 1 N–H and O–H groups in total. The molecule has 0 aromatic rings. The van der Waals surface area contributed by atoms with Crippen molar-refractivity contribution < 1.29 is 5.11 Å². The van der Waals surface area contributed by atoms with Crippen LogP contribution in [-0.4, -0.2) is 17.5 Å². The summed E-state index contributed by atoms with van der Waals surface area (Å²) in [6.45, 7) is -0.0185. The Morgan fingerprint density at radius 3 is 2.44 bits per heavy atom. The van der Waals surface area contributed by atoms with Gasteiger partial charge in [0, 0.05) is 5.71 Å². The molecule has 1 fully saturated rings. The fourth-order valence-corrected chi connectivity index (χ4v) is 1.22. The van der Waals surface area contributed by atoms with Crippen molar-refractivity contribution in [3.63, 3.8) is 0 Å². The number of aliphatic hydroxyl groups excluding tert-OH is 1. The van der Waals surface area contributed by atoms with Crippen LogP contribution in [0.15, 0.2) is 4.99 Å². The molecule has 0 aliphatic heterocycles. The Kier molecular flexibility index (Phi) is 2.71. The highest BCUT2D eigenvalue weighted by molar-refractivity contribution is 5.84. The molecule has 2 heteroatoms. The highest BCUT2D eigenvalue weighted by atomic mass is 16.3. The van der Waals surface area contributed by atoms with Crippen molar-refractivity contribution in [1.82, 2.24) is 0 Å². The van der Waals surface area contributed by atoms with Gasteiger partial charge >= 0.3 is 0 Å². The molecule has 0 heterocycles. The quantitative estimate of drug-likeness (QED) is 0.566. The molecule has 1 saturated carbocycles. The van der Waals surface area contributed by atoms with E-state index in [4.69, 9.17) is 5.11 Å². The van der Waals surface area contributed by atoms with Gasteiger partial charge in [-0.2, -0.15) is 0 Å². The second-order valence-electron chi connectivity index (χ2n) is 2.43. The third-order valence-electron chi connectivity index (χ3n) is 1.73. The zero-order chi connectivity index (χ0) is 6.53. The van der Waals surface area contributed by atoms with E-state index in [1.807, 2.05) is 0 Å². The average Bonchev–Trinajstić information content (AvgIpc) is 1.91. The maximum absolute atomic E-state index is 8.43. The van der Waals surface area contributed by atoms with Gasteiger partial charge in [0.15, 0.2) is 0 Å². The van der Waals surface area contributed by atoms with Crippen LogP contribution in [0.3, 0.4) is 0 Å². The first-order valence-electron chi connectivity index (χ1n) is 3.56. The van der Waals surface area contributed by atoms with Gasteiger partial charge in [-0.1, -0.05) is 6.42 Å². The Morgan fingerprint density at radius 2 is 1.89 bits per heavy atom. The lowest BCUT2D eigenvalue weighted by molar-refractivity contribution is 0.308. The van der Waals surface area contributed by atoms with Crippen molar-refractivity contribution in [2.24, 2.45) is 4.99 Å². The van der Waals surface area contributed by atoms with Crippen LogP contribution in [0.4, 0.5) is 0 Å². The van der Waals surface area contributed by atoms with E-state index >= 15 is 0 Å². The van der Waals surface area contributed by atoms with Crippen LogP contribution in [0.2, 0.25) is 0 Å². The molecule has 0 saturated heterocycles. The van der Waals surface area contributed by atoms with Gasteiger partial charge < -0.3 is 5.11 Å². The van der Waals surface area contributed by atoms with Crippen molar-refractivity contribution >= 4 is 5.71 Å². The summed E-state index contributed by atoms with van der Waals surface area (Å²) >= 11 is 0. The molecule has 1 aliphatic carbocycles. The molecule has 0 amide bonds. The normalized spacial score (nSPS) is 19.9. The van der Waals surface area contributed by atoms with Gasteiger partial charge in [-0.25, -0.2) is 0 Å². The zero-order valence-corrected chi connectivity index (χ0v) is 5.64. The first-order valence-corrected chi connectivity index (χ1v) is 3.56. The van der Waals surface area contributed by atoms with Crippen molar-refractivity contribution in [1.29, 1.82) is 0 Å². The van der Waals surface area contributed by atoms with Gasteiger partial charge in [0.05, 0.1) is 0 Å². The van der Waals surface area contributed by atoms with Crippen LogP contribution >= 0.6 is 0 Å². The van der Waals surface area contributed by atoms with Crippen molar-refractivity contribution in [2.45, 2.75) is 32.1 Å². The molecule has 0 bridgehead atoms. The molecule has 0 aromatic heterocycles. The smallest absolute Gasteiger partial charge is 0.134 e. The van der Waals surface area contributed by atoms with Gasteiger partial charge in [0.1, 0.15) is 6.73 Å². The average molecular weight is 127 g/mol. The summed E-state index contributed by atoms with van der Waals surface area (Å²) in [5.74, 6) is 0. The van der Waals surface area contributed by atoms with Gasteiger partial charge in [-0.05, 0) is 25.7 Å². The standard InChI is InChI=1S/C7H13NO/c9-6-8-7-4-2-1-3-5-7/h9H,1-6H2. The Hall–Kier alpha value is -0.370. The maximum Gasteiger partial charge on any atom is 0.134 e. The van der Waals surface area contributed by atoms with Crippen LogP contribution in [0.5, 0.6) is 0 Å². The summed E-state index contributed by atoms with van der Waals surface area (Å²) in [5.41, 5.74) is 1.21. The molecule has 0 radical (unpaired) electrons. The third-order valence-corrected chi connectivity index (χ3v) is 1.73. The molecular formula is C7H13NO. The molecule has 0 aromatic carbocycles. The Morgan fingerprint density at radius 1 is 1.22 bits per heavy atom. The zero-order valence-electron chi connectivity index (χ0n) is 5.64. The highest BCUT2D eigenvalue weighted by Gasteiger charge is 2.04. The minimum absolute atomic E-state index is 0.0185. The molecule has 9 heavy (non-hydrogen) atoms. The van der Waals surface area contributed by atoms with E-state index in [2.05, 4.69) is 4.99 Å². The van der Waals surface area contributed by atoms with E-state index < -0.39 is 0 Å². The summed E-state index contributed by atoms with van der Waals surface area (Å²) in [4.78, 5) is 3.96. The van der Waals surface area contributed by atoms with Crippen LogP contribution in [0, 0.1) is 0 Å². The molecule has 52 valence electrons. The second-order valence-corrected chi connectivity index (χ2v) is 2.43. The van der Waals surface area contributed by atoms with E-state index in [1.54, 1.807) is 0 Å². The monoisotopic (exact) mass is 127 g/mol. The first-order chi connectivity index (χ1) is 4.43. The van der Waals surface area contributed by atoms with Crippen LogP contribution in [0.25, 0.3) is 0 Å². The van der Waals surface area contributed by atoms with Crippen molar-refractivity contribution in [2.75, 3.05) is 6.73 Å². The van der Waals surface area contributed by atoms with Crippen molar-refractivity contribution in [3.05, 3.63) is 0 Å². The van der Waals surface area contributed by atoms with E-state index in [0.717, 1.165) is 12.8 Å². The molecule has 0 spiro atoms. The van der Waals surface area contributed by atoms with Gasteiger partial charge in [-0.3, -0.25) is 4.99 Å². The fourth-order valence-electron chi connectivity index (χ4n) is 1.22. The van der Waals surface area contributed by atoms with Crippen LogP contribution in [-0.2, 0) is 0 Å². The number of rotatable bonds is 1. The van der Waals surface area contributed by atoms with Gasteiger partial charge in [-0.15, -0.1) is 0 Å². The number of hydrogen-bond acceptors (Lipinski definition) is 2. The maximum atomic E-state index is 8.43. The fraction of sp³-hybridized carbons (Fsp3) is 0.857. The molecule has 0 unspecified atom stereocenters. The number of aliphatic hydroxyl groups is 1. The lowest BCUT2D eigenvalue weighted by Crippen LogP contribution is -2.04. The Labute approximate surface area is 55.6 Å². The Balaban J connectivity index is 2.30. The number of aliphatic imine (C=N–C) groups is 1. The van der Waals surface area contributed by atoms with Crippen molar-refractivity contribution in [3.8, 4) is 0 Å².